The molecule has 1 N–H and O–H groups in total. The van der Waals surface area contributed by atoms with Gasteiger partial charge < -0.3 is 15.0 Å². The highest BCUT2D eigenvalue weighted by atomic mass is 32.1. The second-order valence-electron chi connectivity index (χ2n) is 6.50. The van der Waals surface area contributed by atoms with Crippen molar-refractivity contribution < 1.29 is 9.53 Å². The molecule has 0 atom stereocenters. The highest BCUT2D eigenvalue weighted by molar-refractivity contribution is 7.13. The van der Waals surface area contributed by atoms with Gasteiger partial charge in [0.1, 0.15) is 16.5 Å². The molecular formula is C21H23N3O2S. The van der Waals surface area contributed by atoms with E-state index in [0.717, 1.165) is 28.4 Å². The molecule has 0 bridgehead atoms. The minimum atomic E-state index is -0.164. The Labute approximate surface area is 163 Å². The maximum Gasteiger partial charge on any atom is 0.271 e. The van der Waals surface area contributed by atoms with Crippen LogP contribution < -0.4 is 10.1 Å². The third-order valence-corrected chi connectivity index (χ3v) is 4.94. The Bertz CT molecular complexity index is 887. The van der Waals surface area contributed by atoms with E-state index in [1.54, 1.807) is 12.5 Å². The number of nitrogens with zero attached hydrogens (tertiary/aromatic N) is 2. The van der Waals surface area contributed by atoms with Gasteiger partial charge >= 0.3 is 0 Å². The highest BCUT2D eigenvalue weighted by Crippen LogP contribution is 2.25. The first-order valence-corrected chi connectivity index (χ1v) is 9.54. The Morgan fingerprint density at radius 2 is 1.74 bits per heavy atom. The topological polar surface area (TPSA) is 54.5 Å². The second-order valence-corrected chi connectivity index (χ2v) is 7.36. The number of amides is 1. The van der Waals surface area contributed by atoms with Crippen LogP contribution in [0, 0.1) is 0 Å². The SMILES string of the molecule is COc1ccc(-c2nc(C(=O)NCc3ccc(CN(C)C)cc3)cs2)cc1. The van der Waals surface area contributed by atoms with Gasteiger partial charge in [0.2, 0.25) is 0 Å². The Hall–Kier alpha value is -2.70. The van der Waals surface area contributed by atoms with Gasteiger partial charge in [-0.2, -0.15) is 0 Å². The summed E-state index contributed by atoms with van der Waals surface area (Å²) in [7, 11) is 5.72. The first-order chi connectivity index (χ1) is 13.0. The number of benzene rings is 2. The number of nitrogens with one attached hydrogen (secondary N) is 1. The standard InChI is InChI=1S/C21H23N3O2S/c1-24(2)13-16-6-4-15(5-7-16)12-22-20(25)19-14-27-21(23-19)17-8-10-18(26-3)11-9-17/h4-11,14H,12-13H2,1-3H3,(H,22,25). The number of hydrogen-bond donors (Lipinski definition) is 1. The molecule has 0 fully saturated rings. The van der Waals surface area contributed by atoms with Gasteiger partial charge in [-0.3, -0.25) is 4.79 Å². The summed E-state index contributed by atoms with van der Waals surface area (Å²) in [4.78, 5) is 19.0. The molecule has 3 aromatic rings. The van der Waals surface area contributed by atoms with Crippen LogP contribution in [0.25, 0.3) is 10.6 Å². The van der Waals surface area contributed by atoms with E-state index in [4.69, 9.17) is 4.74 Å². The van der Waals surface area contributed by atoms with Crippen LogP contribution in [0.15, 0.2) is 53.9 Å². The summed E-state index contributed by atoms with van der Waals surface area (Å²) in [5, 5.41) is 5.54. The van der Waals surface area contributed by atoms with E-state index in [9.17, 15) is 4.79 Å². The van der Waals surface area contributed by atoms with E-state index in [1.165, 1.54) is 16.9 Å². The summed E-state index contributed by atoms with van der Waals surface area (Å²) < 4.78 is 5.17. The van der Waals surface area contributed by atoms with Crippen LogP contribution in [0.1, 0.15) is 21.6 Å². The maximum atomic E-state index is 12.4. The van der Waals surface area contributed by atoms with Crippen LogP contribution in [0.2, 0.25) is 0 Å². The van der Waals surface area contributed by atoms with Gasteiger partial charge in [0.05, 0.1) is 7.11 Å². The summed E-state index contributed by atoms with van der Waals surface area (Å²) >= 11 is 1.46. The molecule has 6 heteroatoms. The van der Waals surface area contributed by atoms with Gasteiger partial charge in [0, 0.05) is 24.0 Å². The lowest BCUT2D eigenvalue weighted by molar-refractivity contribution is 0.0946. The van der Waals surface area contributed by atoms with Crippen molar-refractivity contribution in [3.8, 4) is 16.3 Å². The largest absolute Gasteiger partial charge is 0.497 e. The molecule has 0 radical (unpaired) electrons. The average Bonchev–Trinajstić information content (AvgIpc) is 3.17. The number of ether oxygens (including phenoxy) is 1. The Morgan fingerprint density at radius 1 is 1.07 bits per heavy atom. The summed E-state index contributed by atoms with van der Waals surface area (Å²) in [5.41, 5.74) is 3.72. The molecule has 0 aliphatic rings. The monoisotopic (exact) mass is 381 g/mol. The molecule has 0 saturated carbocycles. The van der Waals surface area contributed by atoms with Gasteiger partial charge in [-0.15, -0.1) is 11.3 Å². The van der Waals surface area contributed by atoms with E-state index < -0.39 is 0 Å². The number of carbonyl (C=O) groups is 1. The van der Waals surface area contributed by atoms with Gasteiger partial charge in [-0.1, -0.05) is 24.3 Å². The Morgan fingerprint density at radius 3 is 2.37 bits per heavy atom. The van der Waals surface area contributed by atoms with Gasteiger partial charge in [-0.25, -0.2) is 4.98 Å². The number of hydrogen-bond acceptors (Lipinski definition) is 5. The molecule has 5 nitrogen and oxygen atoms in total. The zero-order valence-electron chi connectivity index (χ0n) is 15.7. The zero-order valence-corrected chi connectivity index (χ0v) is 16.5. The van der Waals surface area contributed by atoms with Crippen LogP contribution >= 0.6 is 11.3 Å². The number of rotatable bonds is 7. The first kappa shape index (κ1) is 19.1. The second kappa shape index (κ2) is 8.79. The van der Waals surface area contributed by atoms with Crippen molar-refractivity contribution in [2.24, 2.45) is 0 Å². The molecule has 27 heavy (non-hydrogen) atoms. The third-order valence-electron chi connectivity index (χ3n) is 4.05. The molecule has 3 rings (SSSR count). The molecule has 0 aliphatic carbocycles. The molecule has 0 spiro atoms. The minimum Gasteiger partial charge on any atom is -0.497 e. The van der Waals surface area contributed by atoms with E-state index in [2.05, 4.69) is 27.3 Å². The molecule has 0 unspecified atom stereocenters. The molecular weight excluding hydrogens is 358 g/mol. The molecule has 2 aromatic carbocycles. The summed E-state index contributed by atoms with van der Waals surface area (Å²) in [6.45, 7) is 1.38. The van der Waals surface area contributed by atoms with E-state index in [0.29, 0.717) is 12.2 Å². The lowest BCUT2D eigenvalue weighted by Gasteiger charge is -2.10. The quantitative estimate of drug-likeness (QED) is 0.676. The fourth-order valence-corrected chi connectivity index (χ4v) is 3.45. The fourth-order valence-electron chi connectivity index (χ4n) is 2.64. The zero-order chi connectivity index (χ0) is 19.2. The molecule has 1 amide bonds. The van der Waals surface area contributed by atoms with Crippen molar-refractivity contribution in [1.29, 1.82) is 0 Å². The number of thiazole rings is 1. The van der Waals surface area contributed by atoms with Gasteiger partial charge in [0.15, 0.2) is 0 Å². The van der Waals surface area contributed by atoms with Crippen molar-refractivity contribution in [1.82, 2.24) is 15.2 Å². The van der Waals surface area contributed by atoms with Crippen LogP contribution in [0.5, 0.6) is 5.75 Å². The van der Waals surface area contributed by atoms with Crippen LogP contribution in [0.3, 0.4) is 0 Å². The molecule has 0 aliphatic heterocycles. The van der Waals surface area contributed by atoms with E-state index in [1.807, 2.05) is 50.5 Å². The van der Waals surface area contributed by atoms with Crippen LogP contribution in [-0.4, -0.2) is 37.0 Å². The third kappa shape index (κ3) is 5.15. The van der Waals surface area contributed by atoms with Crippen LogP contribution in [-0.2, 0) is 13.1 Å². The predicted molar refractivity (Wildman–Crippen MR) is 109 cm³/mol. The van der Waals surface area contributed by atoms with Gasteiger partial charge in [-0.05, 0) is 49.5 Å². The summed E-state index contributed by atoms with van der Waals surface area (Å²) in [6, 6.07) is 15.9. The number of aromatic nitrogens is 1. The fraction of sp³-hybridized carbons (Fsp3) is 0.238. The van der Waals surface area contributed by atoms with Crippen molar-refractivity contribution in [2.75, 3.05) is 21.2 Å². The van der Waals surface area contributed by atoms with Crippen LogP contribution in [0.4, 0.5) is 0 Å². The number of carbonyl (C=O) groups excluding carboxylic acids is 1. The smallest absolute Gasteiger partial charge is 0.271 e. The Balaban J connectivity index is 1.59. The minimum absolute atomic E-state index is 0.164. The number of methoxy groups -OCH3 is 1. The van der Waals surface area contributed by atoms with Crippen molar-refractivity contribution in [3.05, 3.63) is 70.7 Å². The lowest BCUT2D eigenvalue weighted by Crippen LogP contribution is -2.23. The predicted octanol–water partition coefficient (Wildman–Crippen LogP) is 3.81. The summed E-state index contributed by atoms with van der Waals surface area (Å²) in [5.74, 6) is 0.633. The molecule has 140 valence electrons. The molecule has 0 saturated heterocycles. The molecule has 1 aromatic heterocycles. The van der Waals surface area contributed by atoms with E-state index >= 15 is 0 Å². The van der Waals surface area contributed by atoms with Gasteiger partial charge in [0.25, 0.3) is 5.91 Å². The normalized spacial score (nSPS) is 10.8. The summed E-state index contributed by atoms with van der Waals surface area (Å²) in [6.07, 6.45) is 0. The van der Waals surface area contributed by atoms with E-state index in [-0.39, 0.29) is 5.91 Å². The average molecular weight is 382 g/mol. The Kier molecular flexibility index (Phi) is 6.21. The first-order valence-electron chi connectivity index (χ1n) is 8.66. The van der Waals surface area contributed by atoms with Crippen molar-refractivity contribution in [3.63, 3.8) is 0 Å². The molecule has 1 heterocycles. The van der Waals surface area contributed by atoms with Crippen molar-refractivity contribution >= 4 is 17.2 Å². The highest BCUT2D eigenvalue weighted by Gasteiger charge is 2.12. The van der Waals surface area contributed by atoms with Crippen molar-refractivity contribution in [2.45, 2.75) is 13.1 Å². The lowest BCUT2D eigenvalue weighted by atomic mass is 10.1. The maximum absolute atomic E-state index is 12.4.